The number of rotatable bonds is 5. The van der Waals surface area contributed by atoms with E-state index < -0.39 is 0 Å². The third-order valence-electron chi connectivity index (χ3n) is 2.97. The molecule has 0 aliphatic heterocycles. The number of nitrogens with two attached hydrogens (primary N) is 1. The highest BCUT2D eigenvalue weighted by Crippen LogP contribution is 2.26. The Labute approximate surface area is 127 Å². The quantitative estimate of drug-likeness (QED) is 0.891. The maximum Gasteiger partial charge on any atom is 0.0519 e. The van der Waals surface area contributed by atoms with Crippen LogP contribution >= 0.6 is 27.3 Å². The molecule has 1 aromatic heterocycles. The van der Waals surface area contributed by atoms with Gasteiger partial charge in [-0.3, -0.25) is 0 Å². The lowest BCUT2D eigenvalue weighted by Crippen LogP contribution is -2.22. The Morgan fingerprint density at radius 2 is 2.16 bits per heavy atom. The molecule has 2 rings (SSSR count). The molecule has 0 fully saturated rings. The Balaban J connectivity index is 2.22. The molecule has 1 unspecified atom stereocenters. The van der Waals surface area contributed by atoms with Crippen LogP contribution in [0.2, 0.25) is 0 Å². The summed E-state index contributed by atoms with van der Waals surface area (Å²) in [6.45, 7) is 2.98. The lowest BCUT2D eigenvalue weighted by Gasteiger charge is -2.23. The minimum absolute atomic E-state index is 0.170. The molecule has 102 valence electrons. The average Bonchev–Trinajstić information content (AvgIpc) is 2.80. The lowest BCUT2D eigenvalue weighted by atomic mass is 10.0. The van der Waals surface area contributed by atoms with Crippen molar-refractivity contribution in [2.24, 2.45) is 5.73 Å². The SMILES string of the molecule is CC(N)Cc1cc(Br)ccc1N(C)Cc1cccs1. The van der Waals surface area contributed by atoms with Crippen molar-refractivity contribution >= 4 is 33.0 Å². The van der Waals surface area contributed by atoms with E-state index in [1.54, 1.807) is 11.3 Å². The van der Waals surface area contributed by atoms with Gasteiger partial charge in [0.05, 0.1) is 6.54 Å². The summed E-state index contributed by atoms with van der Waals surface area (Å²) in [7, 11) is 2.13. The number of hydrogen-bond acceptors (Lipinski definition) is 3. The topological polar surface area (TPSA) is 29.3 Å². The zero-order chi connectivity index (χ0) is 13.8. The van der Waals surface area contributed by atoms with Crippen molar-refractivity contribution in [3.63, 3.8) is 0 Å². The van der Waals surface area contributed by atoms with Gasteiger partial charge in [0.2, 0.25) is 0 Å². The molecule has 2 nitrogen and oxygen atoms in total. The van der Waals surface area contributed by atoms with Gasteiger partial charge in [0.1, 0.15) is 0 Å². The molecule has 1 heterocycles. The minimum Gasteiger partial charge on any atom is -0.369 e. The summed E-state index contributed by atoms with van der Waals surface area (Å²) in [4.78, 5) is 3.66. The van der Waals surface area contributed by atoms with Crippen LogP contribution in [-0.2, 0) is 13.0 Å². The summed E-state index contributed by atoms with van der Waals surface area (Å²) in [6, 6.07) is 10.9. The Morgan fingerprint density at radius 1 is 1.37 bits per heavy atom. The van der Waals surface area contributed by atoms with Gasteiger partial charge in [-0.1, -0.05) is 22.0 Å². The first-order valence-electron chi connectivity index (χ1n) is 6.34. The summed E-state index contributed by atoms with van der Waals surface area (Å²) in [5.74, 6) is 0. The van der Waals surface area contributed by atoms with Gasteiger partial charge in [0, 0.05) is 28.1 Å². The Kier molecular flexibility index (Phi) is 5.02. The fourth-order valence-corrected chi connectivity index (χ4v) is 3.32. The van der Waals surface area contributed by atoms with Gasteiger partial charge in [-0.05, 0) is 48.6 Å². The van der Waals surface area contributed by atoms with Crippen molar-refractivity contribution in [2.75, 3.05) is 11.9 Å². The first kappa shape index (κ1) is 14.6. The molecule has 2 aromatic rings. The van der Waals surface area contributed by atoms with Gasteiger partial charge in [0.25, 0.3) is 0 Å². The molecule has 1 aromatic carbocycles. The van der Waals surface area contributed by atoms with E-state index in [2.05, 4.69) is 63.6 Å². The smallest absolute Gasteiger partial charge is 0.0519 e. The molecule has 0 aliphatic rings. The van der Waals surface area contributed by atoms with Crippen LogP contribution in [0, 0.1) is 0 Å². The van der Waals surface area contributed by atoms with Gasteiger partial charge in [-0.2, -0.15) is 0 Å². The van der Waals surface area contributed by atoms with Crippen LogP contribution in [0.3, 0.4) is 0 Å². The van der Waals surface area contributed by atoms with E-state index in [9.17, 15) is 0 Å². The second-order valence-electron chi connectivity index (χ2n) is 4.89. The minimum atomic E-state index is 0.170. The number of anilines is 1. The summed E-state index contributed by atoms with van der Waals surface area (Å²) in [5.41, 5.74) is 8.50. The molecular formula is C15H19BrN2S. The van der Waals surface area contributed by atoms with Crippen LogP contribution in [0.4, 0.5) is 5.69 Å². The van der Waals surface area contributed by atoms with Crippen molar-refractivity contribution in [3.05, 3.63) is 50.6 Å². The first-order valence-corrected chi connectivity index (χ1v) is 8.01. The Bertz CT molecular complexity index is 523. The van der Waals surface area contributed by atoms with Crippen molar-refractivity contribution < 1.29 is 0 Å². The number of hydrogen-bond donors (Lipinski definition) is 1. The van der Waals surface area contributed by atoms with Gasteiger partial charge in [0.15, 0.2) is 0 Å². The zero-order valence-electron chi connectivity index (χ0n) is 11.3. The molecule has 1 atom stereocenters. The predicted molar refractivity (Wildman–Crippen MR) is 87.9 cm³/mol. The molecule has 0 radical (unpaired) electrons. The van der Waals surface area contributed by atoms with Crippen LogP contribution in [0.25, 0.3) is 0 Å². The summed E-state index contributed by atoms with van der Waals surface area (Å²) >= 11 is 5.33. The maximum absolute atomic E-state index is 5.95. The fourth-order valence-electron chi connectivity index (χ4n) is 2.16. The van der Waals surface area contributed by atoms with E-state index in [0.29, 0.717) is 0 Å². The summed E-state index contributed by atoms with van der Waals surface area (Å²) in [5, 5.41) is 2.12. The van der Waals surface area contributed by atoms with E-state index >= 15 is 0 Å². The third kappa shape index (κ3) is 4.06. The third-order valence-corrected chi connectivity index (χ3v) is 4.32. The predicted octanol–water partition coefficient (Wildman–Crippen LogP) is 4.04. The summed E-state index contributed by atoms with van der Waals surface area (Å²) in [6.07, 6.45) is 0.892. The van der Waals surface area contributed by atoms with Gasteiger partial charge in [-0.25, -0.2) is 0 Å². The number of thiophene rings is 1. The van der Waals surface area contributed by atoms with Gasteiger partial charge in [-0.15, -0.1) is 11.3 Å². The van der Waals surface area contributed by atoms with Gasteiger partial charge >= 0.3 is 0 Å². The highest BCUT2D eigenvalue weighted by molar-refractivity contribution is 9.10. The summed E-state index contributed by atoms with van der Waals surface area (Å²) < 4.78 is 1.11. The van der Waals surface area contributed by atoms with Crippen LogP contribution < -0.4 is 10.6 Å². The molecule has 0 spiro atoms. The lowest BCUT2D eigenvalue weighted by molar-refractivity contribution is 0.734. The average molecular weight is 339 g/mol. The second kappa shape index (κ2) is 6.55. The number of nitrogens with zero attached hydrogens (tertiary/aromatic N) is 1. The highest BCUT2D eigenvalue weighted by atomic mass is 79.9. The molecule has 0 saturated heterocycles. The first-order chi connectivity index (χ1) is 9.06. The zero-order valence-corrected chi connectivity index (χ0v) is 13.7. The molecule has 0 bridgehead atoms. The van der Waals surface area contributed by atoms with Gasteiger partial charge < -0.3 is 10.6 Å². The van der Waals surface area contributed by atoms with Crippen LogP contribution in [0.5, 0.6) is 0 Å². The van der Waals surface area contributed by atoms with Crippen LogP contribution in [0.1, 0.15) is 17.4 Å². The molecule has 19 heavy (non-hydrogen) atoms. The molecule has 0 aliphatic carbocycles. The monoisotopic (exact) mass is 338 g/mol. The largest absolute Gasteiger partial charge is 0.369 e. The van der Waals surface area contributed by atoms with Crippen molar-refractivity contribution in [1.29, 1.82) is 0 Å². The van der Waals surface area contributed by atoms with E-state index in [4.69, 9.17) is 5.73 Å². The van der Waals surface area contributed by atoms with E-state index in [1.807, 2.05) is 6.92 Å². The van der Waals surface area contributed by atoms with E-state index in [-0.39, 0.29) is 6.04 Å². The molecule has 0 saturated carbocycles. The molecule has 0 amide bonds. The highest BCUT2D eigenvalue weighted by Gasteiger charge is 2.10. The molecule has 4 heteroatoms. The standard InChI is InChI=1S/C15H19BrN2S/c1-11(17)8-12-9-13(16)5-6-15(12)18(2)10-14-4-3-7-19-14/h3-7,9,11H,8,10,17H2,1-2H3. The maximum atomic E-state index is 5.95. The van der Waals surface area contributed by atoms with Crippen molar-refractivity contribution in [1.82, 2.24) is 0 Å². The van der Waals surface area contributed by atoms with E-state index in [1.165, 1.54) is 16.1 Å². The van der Waals surface area contributed by atoms with Crippen molar-refractivity contribution in [2.45, 2.75) is 25.9 Å². The molecular weight excluding hydrogens is 320 g/mol. The van der Waals surface area contributed by atoms with Crippen molar-refractivity contribution in [3.8, 4) is 0 Å². The normalized spacial score (nSPS) is 12.4. The molecule has 2 N–H and O–H groups in total. The Morgan fingerprint density at radius 3 is 2.79 bits per heavy atom. The second-order valence-corrected chi connectivity index (χ2v) is 6.84. The number of benzene rings is 1. The fraction of sp³-hybridized carbons (Fsp3) is 0.333. The van der Waals surface area contributed by atoms with E-state index in [0.717, 1.165) is 17.4 Å². The Hall–Kier alpha value is -0.840. The van der Waals surface area contributed by atoms with Crippen LogP contribution in [0.15, 0.2) is 40.2 Å². The van der Waals surface area contributed by atoms with Crippen LogP contribution in [-0.4, -0.2) is 13.1 Å². The number of halogens is 1.